The minimum atomic E-state index is 0.188. The van der Waals surface area contributed by atoms with Crippen molar-refractivity contribution in [3.8, 4) is 0 Å². The van der Waals surface area contributed by atoms with Gasteiger partial charge in [0.05, 0.1) is 11.6 Å². The van der Waals surface area contributed by atoms with Crippen LogP contribution in [0.5, 0.6) is 0 Å². The first kappa shape index (κ1) is 22.7. The number of hydrogen-bond acceptors (Lipinski definition) is 8. The first-order valence-corrected chi connectivity index (χ1v) is 13.0. The number of hydrogen-bond donors (Lipinski definition) is 1. The van der Waals surface area contributed by atoms with Crippen LogP contribution in [0.25, 0.3) is 0 Å². The Morgan fingerprint density at radius 1 is 1.29 bits per heavy atom. The smallest absolute Gasteiger partial charge is 0.236 e. The lowest BCUT2D eigenvalue weighted by Crippen LogP contribution is -2.36. The summed E-state index contributed by atoms with van der Waals surface area (Å²) >= 11 is 1.88. The minimum Gasteiger partial charge on any atom is -0.464 e. The Morgan fingerprint density at radius 2 is 2.26 bits per heavy atom. The Labute approximate surface area is 205 Å². The predicted molar refractivity (Wildman–Crippen MR) is 134 cm³/mol. The topological polar surface area (TPSA) is 70.2 Å². The van der Waals surface area contributed by atoms with E-state index in [1.807, 2.05) is 28.9 Å². The number of aromatic nitrogens is 1. The molecule has 0 radical (unpaired) electrons. The van der Waals surface area contributed by atoms with Crippen molar-refractivity contribution in [3.63, 3.8) is 0 Å². The van der Waals surface area contributed by atoms with Crippen molar-refractivity contribution in [1.29, 1.82) is 0 Å². The van der Waals surface area contributed by atoms with Gasteiger partial charge in [0.15, 0.2) is 6.26 Å². The number of ether oxygens (including phenoxy) is 2. The van der Waals surface area contributed by atoms with Crippen LogP contribution in [0.2, 0.25) is 0 Å². The maximum absolute atomic E-state index is 11.8. The summed E-state index contributed by atoms with van der Waals surface area (Å²) in [5.41, 5.74) is 2.33. The second-order valence-electron chi connectivity index (χ2n) is 8.59. The number of nitrogens with zero attached hydrogens (tertiary/aromatic N) is 4. The van der Waals surface area contributed by atoms with Crippen LogP contribution in [-0.4, -0.2) is 58.1 Å². The van der Waals surface area contributed by atoms with Crippen LogP contribution < -0.4 is 10.2 Å². The molecule has 5 rings (SSSR count). The molecule has 1 aliphatic carbocycles. The summed E-state index contributed by atoms with van der Waals surface area (Å²) < 4.78 is 11.2. The van der Waals surface area contributed by atoms with Crippen molar-refractivity contribution in [2.45, 2.75) is 37.5 Å². The maximum atomic E-state index is 11.8. The Balaban J connectivity index is 1.24. The van der Waals surface area contributed by atoms with E-state index in [1.54, 1.807) is 12.5 Å². The molecular formula is C25H31N5O3S. The molecular weight excluding hydrogens is 450 g/mol. The average Bonchev–Trinajstić information content (AvgIpc) is 3.53. The molecule has 0 spiro atoms. The molecule has 1 atom stereocenters. The van der Waals surface area contributed by atoms with Gasteiger partial charge in [-0.05, 0) is 43.9 Å². The number of likely N-dealkylation sites (tertiary alicyclic amines) is 1. The second kappa shape index (κ2) is 10.9. The highest BCUT2D eigenvalue weighted by atomic mass is 32.2. The van der Waals surface area contributed by atoms with Gasteiger partial charge in [-0.25, -0.2) is 4.98 Å². The van der Waals surface area contributed by atoms with Gasteiger partial charge in [0, 0.05) is 44.5 Å². The van der Waals surface area contributed by atoms with Crippen molar-refractivity contribution < 1.29 is 14.3 Å². The van der Waals surface area contributed by atoms with Crippen LogP contribution >= 0.6 is 11.8 Å². The maximum Gasteiger partial charge on any atom is 0.236 e. The summed E-state index contributed by atoms with van der Waals surface area (Å²) in [5, 5.41) is 3.69. The van der Waals surface area contributed by atoms with Gasteiger partial charge in [0.25, 0.3) is 0 Å². The number of anilines is 2. The first-order chi connectivity index (χ1) is 16.8. The lowest BCUT2D eigenvalue weighted by Gasteiger charge is -2.34. The van der Waals surface area contributed by atoms with E-state index in [4.69, 9.17) is 9.47 Å². The molecule has 0 aromatic carbocycles. The number of thioether (sulfide) groups is 1. The Kier molecular flexibility index (Phi) is 7.28. The number of pyridine rings is 1. The Morgan fingerprint density at radius 3 is 3.06 bits per heavy atom. The predicted octanol–water partition coefficient (Wildman–Crippen LogP) is 4.20. The van der Waals surface area contributed by atoms with Crippen molar-refractivity contribution in [1.82, 2.24) is 14.8 Å². The third-order valence-corrected chi connectivity index (χ3v) is 7.52. The van der Waals surface area contributed by atoms with E-state index in [1.165, 1.54) is 12.0 Å². The molecule has 1 N–H and O–H groups in total. The fourth-order valence-corrected chi connectivity index (χ4v) is 5.90. The molecule has 2 fully saturated rings. The van der Waals surface area contributed by atoms with E-state index in [-0.39, 0.29) is 11.3 Å². The molecule has 4 heterocycles. The second-order valence-corrected chi connectivity index (χ2v) is 9.72. The Hall–Kier alpha value is -3.07. The lowest BCUT2D eigenvalue weighted by molar-refractivity contribution is -0.127. The van der Waals surface area contributed by atoms with Crippen molar-refractivity contribution in [3.05, 3.63) is 66.9 Å². The number of rotatable bonds is 9. The van der Waals surface area contributed by atoms with E-state index >= 15 is 0 Å². The van der Waals surface area contributed by atoms with Crippen molar-refractivity contribution in [2.24, 2.45) is 0 Å². The van der Waals surface area contributed by atoms with Crippen molar-refractivity contribution >= 4 is 29.2 Å². The number of carbonyl (C=O) groups excluding carboxylic acids is 1. The zero-order chi connectivity index (χ0) is 23.2. The summed E-state index contributed by atoms with van der Waals surface area (Å²) in [6, 6.07) is 4.11. The van der Waals surface area contributed by atoms with Crippen molar-refractivity contribution in [2.75, 3.05) is 42.3 Å². The van der Waals surface area contributed by atoms with E-state index in [2.05, 4.69) is 44.4 Å². The van der Waals surface area contributed by atoms with Gasteiger partial charge in [0.2, 0.25) is 11.8 Å². The molecule has 0 saturated carbocycles. The molecule has 180 valence electrons. The van der Waals surface area contributed by atoms with Gasteiger partial charge < -0.3 is 24.6 Å². The molecule has 8 nitrogen and oxygen atoms in total. The molecule has 4 aliphatic rings. The van der Waals surface area contributed by atoms with Crippen LogP contribution in [-0.2, 0) is 14.3 Å². The number of carbonyl (C=O) groups is 1. The first-order valence-electron chi connectivity index (χ1n) is 11.9. The number of allylic oxidation sites excluding steroid dienone is 4. The van der Waals surface area contributed by atoms with E-state index in [0.29, 0.717) is 12.3 Å². The Bertz CT molecular complexity index is 1010. The molecule has 1 amide bonds. The van der Waals surface area contributed by atoms with Gasteiger partial charge in [-0.15, -0.1) is 11.8 Å². The van der Waals surface area contributed by atoms with Crippen LogP contribution in [0.15, 0.2) is 66.9 Å². The molecule has 9 heteroatoms. The highest BCUT2D eigenvalue weighted by molar-refractivity contribution is 8.00. The molecule has 1 aromatic rings. The molecule has 3 aliphatic heterocycles. The largest absolute Gasteiger partial charge is 0.464 e. The quantitative estimate of drug-likeness (QED) is 0.527. The SMILES string of the molecule is O=C1CCCN1CCCNc1ncccc1N1CSC(N(C2=CC=CCC2)C2=COC=CO2)C1. The summed E-state index contributed by atoms with van der Waals surface area (Å²) in [5.74, 6) is 2.74. The van der Waals surface area contributed by atoms with Crippen LogP contribution in [0.1, 0.15) is 32.1 Å². The van der Waals surface area contributed by atoms with Gasteiger partial charge >= 0.3 is 0 Å². The van der Waals surface area contributed by atoms with Crippen LogP contribution in [0.3, 0.4) is 0 Å². The fraction of sp³-hybridized carbons (Fsp3) is 0.440. The zero-order valence-electron chi connectivity index (χ0n) is 19.3. The third-order valence-electron chi connectivity index (χ3n) is 6.31. The third kappa shape index (κ3) is 5.19. The number of nitrogens with one attached hydrogen (secondary N) is 1. The highest BCUT2D eigenvalue weighted by Gasteiger charge is 2.34. The lowest BCUT2D eigenvalue weighted by atomic mass is 10.1. The summed E-state index contributed by atoms with van der Waals surface area (Å²) in [4.78, 5) is 23.0. The molecule has 1 unspecified atom stereocenters. The van der Waals surface area contributed by atoms with Gasteiger partial charge in [-0.2, -0.15) is 0 Å². The summed E-state index contributed by atoms with van der Waals surface area (Å²) in [6.07, 6.45) is 17.7. The molecule has 34 heavy (non-hydrogen) atoms. The fourth-order valence-electron chi connectivity index (χ4n) is 4.63. The van der Waals surface area contributed by atoms with Crippen LogP contribution in [0.4, 0.5) is 11.5 Å². The van der Waals surface area contributed by atoms with Crippen LogP contribution in [0, 0.1) is 0 Å². The molecule has 2 saturated heterocycles. The summed E-state index contributed by atoms with van der Waals surface area (Å²) in [7, 11) is 0. The molecule has 0 bridgehead atoms. The van der Waals surface area contributed by atoms with E-state index < -0.39 is 0 Å². The van der Waals surface area contributed by atoms with E-state index in [9.17, 15) is 4.79 Å². The zero-order valence-corrected chi connectivity index (χ0v) is 20.1. The normalized spacial score (nSPS) is 21.8. The number of amides is 1. The minimum absolute atomic E-state index is 0.188. The highest BCUT2D eigenvalue weighted by Crippen LogP contribution is 2.38. The molecule has 1 aromatic heterocycles. The monoisotopic (exact) mass is 481 g/mol. The standard InChI is InChI=1S/C25H31N5O3S/c31-22-10-5-13-28(22)14-6-12-27-25-21(9-4-11-26-25)29-17-24(34-19-29)30(20-7-2-1-3-8-20)23-18-32-15-16-33-23/h1-2,4,7,9,11,15-16,18,24H,3,5-6,8,10,12-14,17,19H2,(H,26,27). The summed E-state index contributed by atoms with van der Waals surface area (Å²) in [6.45, 7) is 3.32. The van der Waals surface area contributed by atoms with Gasteiger partial charge in [-0.3, -0.25) is 9.69 Å². The van der Waals surface area contributed by atoms with Gasteiger partial charge in [0.1, 0.15) is 23.7 Å². The van der Waals surface area contributed by atoms with Gasteiger partial charge in [-0.1, -0.05) is 12.2 Å². The van der Waals surface area contributed by atoms with E-state index in [0.717, 1.165) is 69.2 Å². The average molecular weight is 482 g/mol.